The minimum Gasteiger partial charge on any atom is -0.240 e. The predicted octanol–water partition coefficient (Wildman–Crippen LogP) is 3.19. The van der Waals surface area contributed by atoms with Gasteiger partial charge in [0.15, 0.2) is 11.4 Å². The minimum atomic E-state index is -0.0129. The molecule has 0 bridgehead atoms. The Balaban J connectivity index is 2.56. The molecule has 0 amide bonds. The highest BCUT2D eigenvalue weighted by molar-refractivity contribution is 6.42. The fraction of sp³-hybridized carbons (Fsp3) is 0. The van der Waals surface area contributed by atoms with Crippen LogP contribution in [0.2, 0.25) is 10.0 Å². The van der Waals surface area contributed by atoms with Crippen molar-refractivity contribution < 1.29 is 0 Å². The van der Waals surface area contributed by atoms with Crippen LogP contribution < -0.4 is 0 Å². The van der Waals surface area contributed by atoms with Gasteiger partial charge in [0, 0.05) is 5.56 Å². The van der Waals surface area contributed by atoms with Crippen LogP contribution in [0.5, 0.6) is 0 Å². The second-order valence-corrected chi connectivity index (χ2v) is 4.12. The maximum Gasteiger partial charge on any atom is 0.177 e. The topological polar surface area (TPSA) is 73.4 Å². The molecule has 0 spiro atoms. The van der Waals surface area contributed by atoms with E-state index in [1.54, 1.807) is 24.3 Å². The van der Waals surface area contributed by atoms with Crippen molar-refractivity contribution in [3.8, 4) is 23.4 Å². The summed E-state index contributed by atoms with van der Waals surface area (Å²) in [5.41, 5.74) is 1.13. The normalized spacial score (nSPS) is 9.56. The Morgan fingerprint density at radius 2 is 1.72 bits per heavy atom. The summed E-state index contributed by atoms with van der Waals surface area (Å²) in [4.78, 5) is 7.93. The van der Waals surface area contributed by atoms with E-state index < -0.39 is 0 Å². The average molecular weight is 275 g/mol. The molecule has 2 rings (SSSR count). The van der Waals surface area contributed by atoms with Crippen molar-refractivity contribution in [2.24, 2.45) is 0 Å². The molecule has 0 aliphatic heterocycles. The second-order valence-electron chi connectivity index (χ2n) is 3.30. The first kappa shape index (κ1) is 12.3. The smallest absolute Gasteiger partial charge is 0.177 e. The molecule has 0 fully saturated rings. The molecular weight excluding hydrogens is 271 g/mol. The van der Waals surface area contributed by atoms with Crippen molar-refractivity contribution in [3.63, 3.8) is 0 Å². The van der Waals surface area contributed by atoms with Crippen LogP contribution >= 0.6 is 23.2 Å². The summed E-state index contributed by atoms with van der Waals surface area (Å²) in [7, 11) is 0. The van der Waals surface area contributed by atoms with E-state index in [1.165, 1.54) is 6.20 Å². The van der Waals surface area contributed by atoms with Gasteiger partial charge in [-0.3, -0.25) is 0 Å². The van der Waals surface area contributed by atoms with Crippen molar-refractivity contribution in [2.45, 2.75) is 0 Å². The van der Waals surface area contributed by atoms with Crippen LogP contribution in [0.1, 0.15) is 11.4 Å². The quantitative estimate of drug-likeness (QED) is 0.801. The van der Waals surface area contributed by atoms with E-state index in [0.29, 0.717) is 21.3 Å². The summed E-state index contributed by atoms with van der Waals surface area (Å²) >= 11 is 11.7. The molecule has 4 nitrogen and oxygen atoms in total. The highest BCUT2D eigenvalue weighted by Crippen LogP contribution is 2.27. The Morgan fingerprint density at radius 3 is 2.33 bits per heavy atom. The lowest BCUT2D eigenvalue weighted by molar-refractivity contribution is 1.13. The molecule has 1 heterocycles. The lowest BCUT2D eigenvalue weighted by Crippen LogP contribution is -1.96. The maximum atomic E-state index is 8.87. The van der Waals surface area contributed by atoms with Gasteiger partial charge in [-0.15, -0.1) is 0 Å². The summed E-state index contributed by atoms with van der Waals surface area (Å²) in [5.74, 6) is 0. The zero-order valence-electron chi connectivity index (χ0n) is 8.85. The first-order valence-electron chi connectivity index (χ1n) is 4.78. The van der Waals surface area contributed by atoms with Crippen LogP contribution in [0.25, 0.3) is 11.3 Å². The van der Waals surface area contributed by atoms with Crippen LogP contribution in [0, 0.1) is 22.7 Å². The first-order valence-corrected chi connectivity index (χ1v) is 5.54. The second kappa shape index (κ2) is 5.01. The van der Waals surface area contributed by atoms with Gasteiger partial charge in [0.05, 0.1) is 21.9 Å². The number of benzene rings is 1. The van der Waals surface area contributed by atoms with Gasteiger partial charge < -0.3 is 0 Å². The summed E-state index contributed by atoms with van der Waals surface area (Å²) < 4.78 is 0. The van der Waals surface area contributed by atoms with E-state index in [-0.39, 0.29) is 11.4 Å². The number of halogens is 2. The van der Waals surface area contributed by atoms with Crippen LogP contribution in [0.4, 0.5) is 0 Å². The van der Waals surface area contributed by atoms with Crippen molar-refractivity contribution in [3.05, 3.63) is 45.8 Å². The van der Waals surface area contributed by atoms with Gasteiger partial charge in [-0.05, 0) is 12.1 Å². The third kappa shape index (κ3) is 2.26. The standard InChI is InChI=1S/C12H4Cl2N4/c13-8-2-1-7(3-9(8)14)12-6-17-10(4-15)11(5-16)18-12/h1-3,6H. The largest absolute Gasteiger partial charge is 0.240 e. The van der Waals surface area contributed by atoms with Crippen molar-refractivity contribution in [1.82, 2.24) is 9.97 Å². The van der Waals surface area contributed by atoms with Crippen molar-refractivity contribution in [2.75, 3.05) is 0 Å². The summed E-state index contributed by atoms with van der Waals surface area (Å²) in [6.07, 6.45) is 1.42. The molecule has 1 aromatic heterocycles. The van der Waals surface area contributed by atoms with E-state index in [9.17, 15) is 0 Å². The van der Waals surface area contributed by atoms with E-state index in [1.807, 2.05) is 6.07 Å². The Bertz CT molecular complexity index is 698. The van der Waals surface area contributed by atoms with E-state index in [0.717, 1.165) is 0 Å². The van der Waals surface area contributed by atoms with Crippen LogP contribution in [0.3, 0.4) is 0 Å². The summed E-state index contributed by atoms with van der Waals surface area (Å²) in [6, 6.07) is 8.60. The zero-order valence-corrected chi connectivity index (χ0v) is 10.4. The lowest BCUT2D eigenvalue weighted by Gasteiger charge is -2.03. The van der Waals surface area contributed by atoms with Gasteiger partial charge in [-0.25, -0.2) is 9.97 Å². The summed E-state index contributed by atoms with van der Waals surface area (Å²) in [5, 5.41) is 18.4. The van der Waals surface area contributed by atoms with Crippen molar-refractivity contribution >= 4 is 23.2 Å². The van der Waals surface area contributed by atoms with Crippen LogP contribution in [0.15, 0.2) is 24.4 Å². The van der Waals surface area contributed by atoms with E-state index in [4.69, 9.17) is 33.7 Å². The minimum absolute atomic E-state index is 0.00121. The molecule has 0 saturated heterocycles. The van der Waals surface area contributed by atoms with Crippen molar-refractivity contribution in [1.29, 1.82) is 10.5 Å². The maximum absolute atomic E-state index is 8.87. The third-order valence-electron chi connectivity index (χ3n) is 2.20. The number of hydrogen-bond acceptors (Lipinski definition) is 4. The predicted molar refractivity (Wildman–Crippen MR) is 66.9 cm³/mol. The number of aromatic nitrogens is 2. The molecule has 0 atom stereocenters. The van der Waals surface area contributed by atoms with Gasteiger partial charge >= 0.3 is 0 Å². The average Bonchev–Trinajstić information content (AvgIpc) is 2.41. The van der Waals surface area contributed by atoms with Gasteiger partial charge in [0.25, 0.3) is 0 Å². The molecule has 0 radical (unpaired) electrons. The molecule has 1 aromatic carbocycles. The summed E-state index contributed by atoms with van der Waals surface area (Å²) in [6.45, 7) is 0. The van der Waals surface area contributed by atoms with E-state index in [2.05, 4.69) is 9.97 Å². The molecule has 0 aliphatic carbocycles. The molecule has 0 unspecified atom stereocenters. The molecule has 0 aliphatic rings. The Kier molecular flexibility index (Phi) is 3.43. The first-order chi connectivity index (χ1) is 8.65. The van der Waals surface area contributed by atoms with E-state index >= 15 is 0 Å². The number of nitriles is 2. The zero-order chi connectivity index (χ0) is 13.1. The highest BCUT2D eigenvalue weighted by Gasteiger charge is 2.09. The molecule has 6 heteroatoms. The van der Waals surface area contributed by atoms with Gasteiger partial charge in [0.2, 0.25) is 0 Å². The molecule has 2 aromatic rings. The third-order valence-corrected chi connectivity index (χ3v) is 2.94. The van der Waals surface area contributed by atoms with Crippen LogP contribution in [-0.2, 0) is 0 Å². The fourth-order valence-corrected chi connectivity index (χ4v) is 1.64. The monoisotopic (exact) mass is 274 g/mol. The molecule has 18 heavy (non-hydrogen) atoms. The van der Waals surface area contributed by atoms with Gasteiger partial charge in [-0.2, -0.15) is 10.5 Å². The Morgan fingerprint density at radius 1 is 1.00 bits per heavy atom. The SMILES string of the molecule is N#Cc1ncc(-c2ccc(Cl)c(Cl)c2)nc1C#N. The van der Waals surface area contributed by atoms with Gasteiger partial charge in [-0.1, -0.05) is 29.3 Å². The number of hydrogen-bond donors (Lipinski definition) is 0. The lowest BCUT2D eigenvalue weighted by atomic mass is 10.1. The van der Waals surface area contributed by atoms with Crippen LogP contribution in [-0.4, -0.2) is 9.97 Å². The molecule has 0 saturated carbocycles. The number of rotatable bonds is 1. The molecular formula is C12H4Cl2N4. The fourth-order valence-electron chi connectivity index (χ4n) is 1.34. The highest BCUT2D eigenvalue weighted by atomic mass is 35.5. The number of nitrogens with zero attached hydrogens (tertiary/aromatic N) is 4. The Labute approximate surface area is 113 Å². The molecule has 86 valence electrons. The van der Waals surface area contributed by atoms with Gasteiger partial charge in [0.1, 0.15) is 12.1 Å². The molecule has 0 N–H and O–H groups in total. The Hall–Kier alpha value is -2.14.